The molecule has 1 fully saturated rings. The highest BCUT2D eigenvalue weighted by Gasteiger charge is 2.42. The standard InChI is InChI=1S/C28H31FN6O.F2/c1-19-15-21(5-10-25(19)34-17-20(2)30-18-34)16-24-27(36)35-26(22-6-8-23(29)9-7-22)11-12-33(28(35)31-24)14-13-32(3)4;1-2/h5-10,15-18,26H,11-14H2,1-4H3;/b24-16-;/t26-;/m0./s1. The van der Waals surface area contributed by atoms with Crippen molar-refractivity contribution < 1.29 is 18.3 Å². The summed E-state index contributed by atoms with van der Waals surface area (Å²) in [4.78, 5) is 28.9. The molecule has 3 heterocycles. The van der Waals surface area contributed by atoms with Crippen LogP contribution < -0.4 is 0 Å². The zero-order valence-electron chi connectivity index (χ0n) is 21.9. The van der Waals surface area contributed by atoms with Crippen LogP contribution in [0.3, 0.4) is 0 Å². The second-order valence-corrected chi connectivity index (χ2v) is 9.73. The van der Waals surface area contributed by atoms with E-state index in [9.17, 15) is 9.18 Å². The minimum absolute atomic E-state index is 0.124. The van der Waals surface area contributed by atoms with Crippen LogP contribution in [-0.2, 0) is 4.79 Å². The summed E-state index contributed by atoms with van der Waals surface area (Å²) < 4.78 is 31.6. The van der Waals surface area contributed by atoms with Gasteiger partial charge in [0.25, 0.3) is 5.91 Å². The fourth-order valence-corrected chi connectivity index (χ4v) is 4.83. The molecule has 2 aromatic carbocycles. The van der Waals surface area contributed by atoms with Gasteiger partial charge in [0.2, 0.25) is 5.96 Å². The molecule has 0 unspecified atom stereocenters. The molecule has 7 nitrogen and oxygen atoms in total. The van der Waals surface area contributed by atoms with Crippen LogP contribution in [-0.4, -0.2) is 69.8 Å². The van der Waals surface area contributed by atoms with E-state index in [2.05, 4.69) is 20.9 Å². The molecule has 0 saturated carbocycles. The SMILES string of the molecule is Cc1cn(-c2ccc(/C=C3\N=C4N(CCN(C)C)CC[C@@H](c5ccc(F)cc5)N4C3=O)cc2C)cn1.FF. The Morgan fingerprint density at radius 3 is 2.47 bits per heavy atom. The van der Waals surface area contributed by atoms with Crippen LogP contribution in [0.15, 0.2) is 65.7 Å². The van der Waals surface area contributed by atoms with Gasteiger partial charge in [0.1, 0.15) is 11.5 Å². The number of rotatable bonds is 6. The number of likely N-dealkylation sites (N-methyl/N-ethyl adjacent to an activating group) is 1. The molecular weight excluding hydrogens is 493 g/mol. The van der Waals surface area contributed by atoms with Crippen LogP contribution in [0, 0.1) is 19.7 Å². The lowest BCUT2D eigenvalue weighted by Crippen LogP contribution is -2.52. The first kappa shape index (κ1) is 27.1. The quantitative estimate of drug-likeness (QED) is 0.425. The zero-order chi connectivity index (χ0) is 27.4. The predicted molar refractivity (Wildman–Crippen MR) is 141 cm³/mol. The molecule has 10 heteroatoms. The van der Waals surface area contributed by atoms with E-state index in [0.717, 1.165) is 54.1 Å². The molecule has 38 heavy (non-hydrogen) atoms. The first-order valence-corrected chi connectivity index (χ1v) is 12.3. The molecule has 200 valence electrons. The maximum Gasteiger partial charge on any atom is 0.279 e. The lowest BCUT2D eigenvalue weighted by atomic mass is 9.99. The molecule has 0 radical (unpaired) electrons. The van der Waals surface area contributed by atoms with Gasteiger partial charge >= 0.3 is 0 Å². The molecule has 0 aliphatic carbocycles. The molecule has 1 amide bonds. The van der Waals surface area contributed by atoms with Crippen LogP contribution >= 0.6 is 0 Å². The number of aromatic nitrogens is 2. The number of amides is 1. The van der Waals surface area contributed by atoms with Crippen molar-refractivity contribution in [2.75, 3.05) is 33.7 Å². The summed E-state index contributed by atoms with van der Waals surface area (Å²) in [6, 6.07) is 12.4. The maximum atomic E-state index is 13.7. The third-order valence-electron chi connectivity index (χ3n) is 6.73. The number of halogens is 3. The van der Waals surface area contributed by atoms with Crippen molar-refractivity contribution in [2.24, 2.45) is 4.99 Å². The van der Waals surface area contributed by atoms with Crippen molar-refractivity contribution in [3.05, 3.63) is 88.9 Å². The highest BCUT2D eigenvalue weighted by molar-refractivity contribution is 6.14. The number of benzene rings is 2. The topological polar surface area (TPSA) is 57.0 Å². The number of carbonyl (C=O) groups is 1. The largest absolute Gasteiger partial charge is 0.341 e. The number of guanidine groups is 1. The molecule has 2 aliphatic heterocycles. The summed E-state index contributed by atoms with van der Waals surface area (Å²) in [5.74, 6) is 0.269. The van der Waals surface area contributed by atoms with Gasteiger partial charge in [-0.2, -0.15) is 0 Å². The van der Waals surface area contributed by atoms with Crippen LogP contribution in [0.2, 0.25) is 0 Å². The lowest BCUT2D eigenvalue weighted by Gasteiger charge is -2.40. The van der Waals surface area contributed by atoms with E-state index >= 15 is 0 Å². The third-order valence-corrected chi connectivity index (χ3v) is 6.73. The fourth-order valence-electron chi connectivity index (χ4n) is 4.83. The summed E-state index contributed by atoms with van der Waals surface area (Å²) in [7, 11) is 4.07. The Bertz CT molecular complexity index is 1350. The predicted octanol–water partition coefficient (Wildman–Crippen LogP) is 5.02. The minimum atomic E-state index is -0.283. The second-order valence-electron chi connectivity index (χ2n) is 9.73. The average molecular weight is 525 g/mol. The smallest absolute Gasteiger partial charge is 0.279 e. The molecule has 0 spiro atoms. The van der Waals surface area contributed by atoms with Crippen LogP contribution in [0.1, 0.15) is 34.8 Å². The van der Waals surface area contributed by atoms with Crippen molar-refractivity contribution in [1.82, 2.24) is 24.3 Å². The monoisotopic (exact) mass is 524 g/mol. The van der Waals surface area contributed by atoms with E-state index in [0.29, 0.717) is 11.7 Å². The normalized spacial score (nSPS) is 18.0. The van der Waals surface area contributed by atoms with Crippen molar-refractivity contribution in [1.29, 1.82) is 0 Å². The van der Waals surface area contributed by atoms with Gasteiger partial charge < -0.3 is 14.4 Å². The second kappa shape index (κ2) is 11.6. The number of imidazole rings is 1. The number of hydrogen-bond acceptors (Lipinski definition) is 5. The van der Waals surface area contributed by atoms with E-state index in [1.165, 1.54) is 12.1 Å². The van der Waals surface area contributed by atoms with Crippen LogP contribution in [0.4, 0.5) is 13.5 Å². The van der Waals surface area contributed by atoms with Gasteiger partial charge in [-0.05, 0) is 81.4 Å². The van der Waals surface area contributed by atoms with E-state index < -0.39 is 0 Å². The number of aryl methyl sites for hydroxylation is 2. The Morgan fingerprint density at radius 1 is 1.11 bits per heavy atom. The number of hydrogen-bond donors (Lipinski definition) is 0. The van der Waals surface area contributed by atoms with Gasteiger partial charge in [0, 0.05) is 40.7 Å². The Kier molecular flexibility index (Phi) is 8.31. The summed E-state index contributed by atoms with van der Waals surface area (Å²) in [5, 5.41) is 0. The van der Waals surface area contributed by atoms with Gasteiger partial charge in [0.05, 0.1) is 18.1 Å². The first-order chi connectivity index (χ1) is 18.3. The Balaban J connectivity index is 0.00000164. The van der Waals surface area contributed by atoms with Gasteiger partial charge in [0.15, 0.2) is 0 Å². The van der Waals surface area contributed by atoms with E-state index in [1.807, 2.05) is 56.9 Å². The Hall–Kier alpha value is -3.92. The molecule has 1 aromatic heterocycles. The summed E-state index contributed by atoms with van der Waals surface area (Å²) in [5.41, 5.74) is 5.33. The van der Waals surface area contributed by atoms with Crippen LogP contribution in [0.25, 0.3) is 11.8 Å². The van der Waals surface area contributed by atoms with Gasteiger partial charge in [-0.1, -0.05) is 18.2 Å². The van der Waals surface area contributed by atoms with Gasteiger partial charge in [-0.3, -0.25) is 9.69 Å². The Labute approximate surface area is 220 Å². The Morgan fingerprint density at radius 2 is 1.84 bits per heavy atom. The molecule has 5 rings (SSSR count). The third kappa shape index (κ3) is 5.65. The summed E-state index contributed by atoms with van der Waals surface area (Å²) in [6.45, 7) is 6.42. The van der Waals surface area contributed by atoms with Gasteiger partial charge in [-0.25, -0.2) is 14.4 Å². The number of carbonyl (C=O) groups excluding carboxylic acids is 1. The van der Waals surface area contributed by atoms with Crippen molar-refractivity contribution in [2.45, 2.75) is 26.3 Å². The molecular formula is C28H31F3N6O. The van der Waals surface area contributed by atoms with E-state index in [-0.39, 0.29) is 17.8 Å². The number of aliphatic imine (C=N–C) groups is 1. The van der Waals surface area contributed by atoms with Gasteiger partial charge in [-0.15, -0.1) is 0 Å². The summed E-state index contributed by atoms with van der Waals surface area (Å²) >= 11 is 0. The molecule has 3 aromatic rings. The fraction of sp³-hybridized carbons (Fsp3) is 0.321. The molecule has 1 atom stereocenters. The zero-order valence-corrected chi connectivity index (χ0v) is 21.9. The number of nitrogens with zero attached hydrogens (tertiary/aromatic N) is 6. The molecule has 2 aliphatic rings. The first-order valence-electron chi connectivity index (χ1n) is 12.3. The number of fused-ring (bicyclic) bond motifs is 1. The minimum Gasteiger partial charge on any atom is -0.341 e. The van der Waals surface area contributed by atoms with E-state index in [1.54, 1.807) is 23.4 Å². The van der Waals surface area contributed by atoms with Crippen molar-refractivity contribution >= 4 is 17.9 Å². The van der Waals surface area contributed by atoms with Crippen LogP contribution in [0.5, 0.6) is 0 Å². The molecule has 0 bridgehead atoms. The van der Waals surface area contributed by atoms with Crippen molar-refractivity contribution in [3.8, 4) is 5.69 Å². The highest BCUT2D eigenvalue weighted by atomic mass is 20.0. The average Bonchev–Trinajstić information content (AvgIpc) is 3.48. The highest BCUT2D eigenvalue weighted by Crippen LogP contribution is 2.36. The summed E-state index contributed by atoms with van der Waals surface area (Å²) in [6.07, 6.45) is 6.41. The lowest BCUT2D eigenvalue weighted by molar-refractivity contribution is -0.125. The molecule has 0 N–H and O–H groups in total. The molecule has 1 saturated heterocycles. The van der Waals surface area contributed by atoms with Crippen molar-refractivity contribution in [3.63, 3.8) is 0 Å². The maximum absolute atomic E-state index is 13.7. The van der Waals surface area contributed by atoms with E-state index in [4.69, 9.17) is 14.1 Å².